The first-order valence-corrected chi connectivity index (χ1v) is 8.62. The van der Waals surface area contributed by atoms with E-state index >= 15 is 0 Å². The fourth-order valence-corrected chi connectivity index (χ4v) is 2.84. The summed E-state index contributed by atoms with van der Waals surface area (Å²) in [5.74, 6) is 2.58. The van der Waals surface area contributed by atoms with Gasteiger partial charge in [-0.25, -0.2) is 0 Å². The van der Waals surface area contributed by atoms with Crippen molar-refractivity contribution in [3.8, 4) is 11.4 Å². The quantitative estimate of drug-likeness (QED) is 0.710. The van der Waals surface area contributed by atoms with Crippen LogP contribution in [0.5, 0.6) is 0 Å². The van der Waals surface area contributed by atoms with Gasteiger partial charge in [0.1, 0.15) is 0 Å². The summed E-state index contributed by atoms with van der Waals surface area (Å²) in [6.07, 6.45) is 0.771. The van der Waals surface area contributed by atoms with Gasteiger partial charge in [0.2, 0.25) is 11.7 Å². The number of rotatable bonds is 8. The highest BCUT2D eigenvalue weighted by molar-refractivity contribution is 6.30. The van der Waals surface area contributed by atoms with E-state index in [1.807, 2.05) is 24.3 Å². The minimum atomic E-state index is 0.599. The van der Waals surface area contributed by atoms with Crippen LogP contribution >= 0.6 is 11.6 Å². The smallest absolute Gasteiger partial charge is 0.228 e. The van der Waals surface area contributed by atoms with Gasteiger partial charge in [-0.1, -0.05) is 56.6 Å². The van der Waals surface area contributed by atoms with Crippen molar-refractivity contribution in [1.29, 1.82) is 0 Å². The van der Waals surface area contributed by atoms with E-state index in [0.29, 0.717) is 28.6 Å². The second-order valence-electron chi connectivity index (χ2n) is 6.82. The normalized spacial score (nSPS) is 11.8. The van der Waals surface area contributed by atoms with Crippen LogP contribution in [0.1, 0.15) is 33.6 Å². The number of hydrogen-bond acceptors (Lipinski definition) is 4. The molecule has 0 N–H and O–H groups in total. The standard InChI is InChI=1S/C18H26ClN3O/c1-13(2)11-22(12-14(3)4)9-8-17-20-18(21-23-17)15-6-5-7-16(19)10-15/h5-7,10,13-14H,8-9,11-12H2,1-4H3. The lowest BCUT2D eigenvalue weighted by molar-refractivity contribution is 0.214. The van der Waals surface area contributed by atoms with Crippen molar-refractivity contribution >= 4 is 11.6 Å². The maximum Gasteiger partial charge on any atom is 0.228 e. The second-order valence-corrected chi connectivity index (χ2v) is 7.26. The average molecular weight is 336 g/mol. The molecule has 23 heavy (non-hydrogen) atoms. The van der Waals surface area contributed by atoms with Gasteiger partial charge in [-0.2, -0.15) is 4.98 Å². The van der Waals surface area contributed by atoms with E-state index in [9.17, 15) is 0 Å². The monoisotopic (exact) mass is 335 g/mol. The zero-order chi connectivity index (χ0) is 16.8. The zero-order valence-corrected chi connectivity index (χ0v) is 15.2. The van der Waals surface area contributed by atoms with E-state index in [1.165, 1.54) is 0 Å². The van der Waals surface area contributed by atoms with Gasteiger partial charge in [-0.15, -0.1) is 0 Å². The Labute approximate surface area is 143 Å². The van der Waals surface area contributed by atoms with E-state index in [1.54, 1.807) is 0 Å². The molecular formula is C18H26ClN3O. The average Bonchev–Trinajstić information content (AvgIpc) is 2.92. The van der Waals surface area contributed by atoms with E-state index in [-0.39, 0.29) is 0 Å². The van der Waals surface area contributed by atoms with Crippen LogP contribution in [0.15, 0.2) is 28.8 Å². The Morgan fingerprint density at radius 3 is 2.43 bits per heavy atom. The van der Waals surface area contributed by atoms with Gasteiger partial charge < -0.3 is 9.42 Å². The molecule has 5 heteroatoms. The molecule has 1 aromatic heterocycles. The summed E-state index contributed by atoms with van der Waals surface area (Å²) in [6, 6.07) is 7.51. The fourth-order valence-electron chi connectivity index (χ4n) is 2.64. The van der Waals surface area contributed by atoms with Gasteiger partial charge in [-0.05, 0) is 24.0 Å². The van der Waals surface area contributed by atoms with Crippen molar-refractivity contribution in [2.75, 3.05) is 19.6 Å². The predicted octanol–water partition coefficient (Wildman–Crippen LogP) is 4.55. The predicted molar refractivity (Wildman–Crippen MR) is 94.6 cm³/mol. The highest BCUT2D eigenvalue weighted by Crippen LogP contribution is 2.20. The van der Waals surface area contributed by atoms with Crippen molar-refractivity contribution in [2.45, 2.75) is 34.1 Å². The maximum absolute atomic E-state index is 6.01. The third-order valence-corrected chi connectivity index (χ3v) is 3.67. The first-order chi connectivity index (χ1) is 10.9. The number of halogens is 1. The van der Waals surface area contributed by atoms with Crippen LogP contribution in [0.25, 0.3) is 11.4 Å². The highest BCUT2D eigenvalue weighted by atomic mass is 35.5. The van der Waals surface area contributed by atoms with Gasteiger partial charge in [0, 0.05) is 36.6 Å². The number of benzene rings is 1. The number of nitrogens with zero attached hydrogens (tertiary/aromatic N) is 3. The third kappa shape index (κ3) is 5.96. The lowest BCUT2D eigenvalue weighted by Gasteiger charge is -2.25. The minimum absolute atomic E-state index is 0.599. The molecule has 0 spiro atoms. The summed E-state index contributed by atoms with van der Waals surface area (Å²) >= 11 is 6.01. The van der Waals surface area contributed by atoms with E-state index in [4.69, 9.17) is 16.1 Å². The molecule has 0 aliphatic carbocycles. The zero-order valence-electron chi connectivity index (χ0n) is 14.4. The summed E-state index contributed by atoms with van der Waals surface area (Å²) < 4.78 is 5.39. The summed E-state index contributed by atoms with van der Waals surface area (Å²) in [4.78, 5) is 6.96. The van der Waals surface area contributed by atoms with E-state index in [0.717, 1.165) is 31.6 Å². The Morgan fingerprint density at radius 1 is 1.13 bits per heavy atom. The molecule has 0 atom stereocenters. The van der Waals surface area contributed by atoms with Gasteiger partial charge in [-0.3, -0.25) is 0 Å². The number of hydrogen-bond donors (Lipinski definition) is 0. The molecular weight excluding hydrogens is 310 g/mol. The van der Waals surface area contributed by atoms with Gasteiger partial charge in [0.05, 0.1) is 0 Å². The Hall–Kier alpha value is -1.39. The van der Waals surface area contributed by atoms with Crippen LogP contribution in [0, 0.1) is 11.8 Å². The SMILES string of the molecule is CC(C)CN(CCc1nc(-c2cccc(Cl)c2)no1)CC(C)C. The van der Waals surface area contributed by atoms with Crippen molar-refractivity contribution in [3.63, 3.8) is 0 Å². The van der Waals surface area contributed by atoms with Crippen LogP contribution < -0.4 is 0 Å². The Bertz CT molecular complexity index is 600. The largest absolute Gasteiger partial charge is 0.339 e. The van der Waals surface area contributed by atoms with Crippen molar-refractivity contribution in [3.05, 3.63) is 35.2 Å². The number of aromatic nitrogens is 2. The molecule has 0 saturated carbocycles. The molecule has 0 saturated heterocycles. The van der Waals surface area contributed by atoms with Crippen LogP contribution in [-0.4, -0.2) is 34.7 Å². The molecule has 0 amide bonds. The van der Waals surface area contributed by atoms with Crippen LogP contribution in [-0.2, 0) is 6.42 Å². The highest BCUT2D eigenvalue weighted by Gasteiger charge is 2.13. The molecule has 0 unspecified atom stereocenters. The van der Waals surface area contributed by atoms with Crippen molar-refractivity contribution in [2.24, 2.45) is 11.8 Å². The summed E-state index contributed by atoms with van der Waals surface area (Å²) in [5, 5.41) is 4.74. The van der Waals surface area contributed by atoms with Gasteiger partial charge >= 0.3 is 0 Å². The second kappa shape index (κ2) is 8.46. The molecule has 126 valence electrons. The topological polar surface area (TPSA) is 42.2 Å². The molecule has 0 aliphatic rings. The van der Waals surface area contributed by atoms with Crippen LogP contribution in [0.4, 0.5) is 0 Å². The third-order valence-electron chi connectivity index (χ3n) is 3.44. The lowest BCUT2D eigenvalue weighted by atomic mass is 10.1. The maximum atomic E-state index is 6.01. The van der Waals surface area contributed by atoms with Gasteiger partial charge in [0.15, 0.2) is 0 Å². The summed E-state index contributed by atoms with van der Waals surface area (Å²) in [5.41, 5.74) is 0.883. The van der Waals surface area contributed by atoms with Crippen molar-refractivity contribution in [1.82, 2.24) is 15.0 Å². The molecule has 2 rings (SSSR count). The Morgan fingerprint density at radius 2 is 1.83 bits per heavy atom. The molecule has 1 heterocycles. The molecule has 0 aliphatic heterocycles. The lowest BCUT2D eigenvalue weighted by Crippen LogP contribution is -2.33. The first-order valence-electron chi connectivity index (χ1n) is 8.25. The van der Waals surface area contributed by atoms with Crippen LogP contribution in [0.2, 0.25) is 5.02 Å². The molecule has 0 radical (unpaired) electrons. The minimum Gasteiger partial charge on any atom is -0.339 e. The van der Waals surface area contributed by atoms with Crippen molar-refractivity contribution < 1.29 is 4.52 Å². The summed E-state index contributed by atoms with van der Waals surface area (Å²) in [7, 11) is 0. The molecule has 0 fully saturated rings. The summed E-state index contributed by atoms with van der Waals surface area (Å²) in [6.45, 7) is 12.1. The van der Waals surface area contributed by atoms with E-state index in [2.05, 4.69) is 42.7 Å². The molecule has 0 bridgehead atoms. The molecule has 1 aromatic carbocycles. The molecule has 4 nitrogen and oxygen atoms in total. The Kier molecular flexibility index (Phi) is 6.60. The molecule has 2 aromatic rings. The van der Waals surface area contributed by atoms with E-state index < -0.39 is 0 Å². The van der Waals surface area contributed by atoms with Gasteiger partial charge in [0.25, 0.3) is 0 Å². The van der Waals surface area contributed by atoms with Crippen LogP contribution in [0.3, 0.4) is 0 Å². The Balaban J connectivity index is 1.97. The fraction of sp³-hybridized carbons (Fsp3) is 0.556. The first kappa shape index (κ1) is 18.0.